The summed E-state index contributed by atoms with van der Waals surface area (Å²) in [5.74, 6) is 0.736. The molecule has 1 aliphatic rings. The Kier molecular flexibility index (Phi) is 8.23. The van der Waals surface area contributed by atoms with Gasteiger partial charge < -0.3 is 5.32 Å². The Labute approximate surface area is 121 Å². The lowest BCUT2D eigenvalue weighted by Crippen LogP contribution is -2.29. The Morgan fingerprint density at radius 3 is 2.44 bits per heavy atom. The SMILES string of the molecule is CSCC(=O)NCCCC1(S)CCCCCCC1. The van der Waals surface area contributed by atoms with Gasteiger partial charge in [0.15, 0.2) is 0 Å². The van der Waals surface area contributed by atoms with Crippen molar-refractivity contribution in [1.82, 2.24) is 5.32 Å². The molecule has 18 heavy (non-hydrogen) atoms. The van der Waals surface area contributed by atoms with Crippen LogP contribution in [0.15, 0.2) is 0 Å². The van der Waals surface area contributed by atoms with Crippen LogP contribution in [0.2, 0.25) is 0 Å². The van der Waals surface area contributed by atoms with Crippen LogP contribution in [0.3, 0.4) is 0 Å². The lowest BCUT2D eigenvalue weighted by molar-refractivity contribution is -0.118. The fourth-order valence-corrected chi connectivity index (χ4v) is 3.48. The van der Waals surface area contributed by atoms with Crippen molar-refractivity contribution in [3.05, 3.63) is 0 Å². The van der Waals surface area contributed by atoms with Gasteiger partial charge >= 0.3 is 0 Å². The third kappa shape index (κ3) is 6.93. The topological polar surface area (TPSA) is 29.1 Å². The largest absolute Gasteiger partial charge is 0.355 e. The lowest BCUT2D eigenvalue weighted by atomic mass is 9.87. The minimum absolute atomic E-state index is 0.161. The fraction of sp³-hybridized carbons (Fsp3) is 0.929. The molecule has 0 aromatic carbocycles. The highest BCUT2D eigenvalue weighted by atomic mass is 32.2. The Morgan fingerprint density at radius 2 is 1.83 bits per heavy atom. The van der Waals surface area contributed by atoms with Crippen LogP contribution < -0.4 is 5.32 Å². The standard InChI is InChI=1S/C14H27NOS2/c1-18-12-13(16)15-11-7-10-14(17)8-5-3-2-4-6-9-14/h17H,2-12H2,1H3,(H,15,16). The molecule has 0 radical (unpaired) electrons. The molecule has 1 fully saturated rings. The van der Waals surface area contributed by atoms with Crippen LogP contribution in [0.1, 0.15) is 57.8 Å². The molecule has 106 valence electrons. The zero-order valence-electron chi connectivity index (χ0n) is 11.5. The molecule has 4 heteroatoms. The van der Waals surface area contributed by atoms with Crippen molar-refractivity contribution < 1.29 is 4.79 Å². The summed E-state index contributed by atoms with van der Waals surface area (Å²) in [6, 6.07) is 0. The molecule has 0 heterocycles. The van der Waals surface area contributed by atoms with E-state index in [0.717, 1.165) is 19.4 Å². The first-order valence-electron chi connectivity index (χ1n) is 7.14. The van der Waals surface area contributed by atoms with Gasteiger partial charge in [-0.3, -0.25) is 4.79 Å². The number of thiol groups is 1. The van der Waals surface area contributed by atoms with Crippen molar-refractivity contribution in [2.75, 3.05) is 18.6 Å². The summed E-state index contributed by atoms with van der Waals surface area (Å²) in [5, 5.41) is 2.97. The minimum atomic E-state index is 0.161. The van der Waals surface area contributed by atoms with Crippen LogP contribution in [0.25, 0.3) is 0 Å². The van der Waals surface area contributed by atoms with E-state index in [1.807, 2.05) is 6.26 Å². The quantitative estimate of drug-likeness (QED) is 0.577. The molecule has 0 unspecified atom stereocenters. The smallest absolute Gasteiger partial charge is 0.229 e. The van der Waals surface area contributed by atoms with Gasteiger partial charge in [0.05, 0.1) is 5.75 Å². The number of thioether (sulfide) groups is 1. The summed E-state index contributed by atoms with van der Waals surface area (Å²) in [7, 11) is 0. The Morgan fingerprint density at radius 1 is 1.22 bits per heavy atom. The Hall–Kier alpha value is 0.170. The normalized spacial score (nSPS) is 19.9. The van der Waals surface area contributed by atoms with Crippen molar-refractivity contribution in [2.45, 2.75) is 62.5 Å². The van der Waals surface area contributed by atoms with Crippen LogP contribution >= 0.6 is 24.4 Å². The molecule has 0 aliphatic heterocycles. The van der Waals surface area contributed by atoms with E-state index < -0.39 is 0 Å². The predicted molar refractivity (Wildman–Crippen MR) is 84.7 cm³/mol. The first kappa shape index (κ1) is 16.2. The van der Waals surface area contributed by atoms with E-state index in [-0.39, 0.29) is 10.7 Å². The third-order valence-corrected chi connectivity index (χ3v) is 4.92. The zero-order valence-corrected chi connectivity index (χ0v) is 13.3. The number of carbonyl (C=O) groups is 1. The molecule has 0 bridgehead atoms. The number of rotatable bonds is 6. The van der Waals surface area contributed by atoms with Crippen molar-refractivity contribution in [1.29, 1.82) is 0 Å². The zero-order chi connectivity index (χ0) is 13.3. The summed E-state index contributed by atoms with van der Waals surface area (Å²) in [5.41, 5.74) is 0. The summed E-state index contributed by atoms with van der Waals surface area (Å²) in [6.45, 7) is 0.807. The lowest BCUT2D eigenvalue weighted by Gasteiger charge is -2.30. The molecule has 0 spiro atoms. The first-order valence-corrected chi connectivity index (χ1v) is 8.98. The predicted octanol–water partition coefficient (Wildman–Crippen LogP) is 3.66. The molecule has 0 aromatic rings. The van der Waals surface area contributed by atoms with Crippen molar-refractivity contribution in [3.63, 3.8) is 0 Å². The highest BCUT2D eigenvalue weighted by Gasteiger charge is 2.25. The van der Waals surface area contributed by atoms with Crippen molar-refractivity contribution >= 4 is 30.3 Å². The minimum Gasteiger partial charge on any atom is -0.355 e. The number of nitrogens with one attached hydrogen (secondary N) is 1. The maximum absolute atomic E-state index is 11.3. The maximum Gasteiger partial charge on any atom is 0.229 e. The van der Waals surface area contributed by atoms with Crippen LogP contribution in [0.5, 0.6) is 0 Å². The molecule has 0 atom stereocenters. The number of hydrogen-bond acceptors (Lipinski definition) is 3. The summed E-state index contributed by atoms with van der Waals surface area (Å²) in [4.78, 5) is 11.3. The average Bonchev–Trinajstić information content (AvgIpc) is 2.31. The van der Waals surface area contributed by atoms with Crippen LogP contribution in [-0.2, 0) is 4.79 Å². The van der Waals surface area contributed by atoms with Gasteiger partial charge in [-0.1, -0.05) is 32.1 Å². The molecule has 1 N–H and O–H groups in total. The van der Waals surface area contributed by atoms with Gasteiger partial charge in [0.1, 0.15) is 0 Å². The molecular formula is C14H27NOS2. The average molecular weight is 290 g/mol. The van der Waals surface area contributed by atoms with Crippen molar-refractivity contribution in [3.8, 4) is 0 Å². The first-order chi connectivity index (χ1) is 8.66. The fourth-order valence-electron chi connectivity index (χ4n) is 2.64. The van der Waals surface area contributed by atoms with Gasteiger partial charge in [-0.2, -0.15) is 24.4 Å². The highest BCUT2D eigenvalue weighted by molar-refractivity contribution is 7.99. The number of hydrogen-bond donors (Lipinski definition) is 2. The molecule has 0 saturated heterocycles. The maximum atomic E-state index is 11.3. The van der Waals surface area contributed by atoms with E-state index in [0.29, 0.717) is 5.75 Å². The molecule has 0 aromatic heterocycles. The van der Waals surface area contributed by atoms with Gasteiger partial charge in [-0.25, -0.2) is 0 Å². The Balaban J connectivity index is 2.17. The molecule has 1 amide bonds. The number of amides is 1. The summed E-state index contributed by atoms with van der Waals surface area (Å²) < 4.78 is 0.227. The van der Waals surface area contributed by atoms with Gasteiger partial charge in [0.2, 0.25) is 5.91 Å². The van der Waals surface area contributed by atoms with Crippen LogP contribution in [0, 0.1) is 0 Å². The highest BCUT2D eigenvalue weighted by Crippen LogP contribution is 2.35. The van der Waals surface area contributed by atoms with Gasteiger partial charge in [0, 0.05) is 11.3 Å². The van der Waals surface area contributed by atoms with E-state index in [1.54, 1.807) is 11.8 Å². The van der Waals surface area contributed by atoms with Gasteiger partial charge in [-0.15, -0.1) is 0 Å². The van der Waals surface area contributed by atoms with Crippen molar-refractivity contribution in [2.24, 2.45) is 0 Å². The van der Waals surface area contributed by atoms with Crippen LogP contribution in [0.4, 0.5) is 0 Å². The monoisotopic (exact) mass is 289 g/mol. The second-order valence-corrected chi connectivity index (χ2v) is 7.19. The Bertz CT molecular complexity index is 238. The summed E-state index contributed by atoms with van der Waals surface area (Å²) >= 11 is 6.49. The number of carbonyl (C=O) groups excluding carboxylic acids is 1. The molecule has 1 aliphatic carbocycles. The van der Waals surface area contributed by atoms with E-state index in [9.17, 15) is 4.79 Å². The second-order valence-electron chi connectivity index (χ2n) is 5.38. The van der Waals surface area contributed by atoms with E-state index in [1.165, 1.54) is 44.9 Å². The van der Waals surface area contributed by atoms with Crippen LogP contribution in [-0.4, -0.2) is 29.2 Å². The second kappa shape index (κ2) is 9.13. The van der Waals surface area contributed by atoms with E-state index >= 15 is 0 Å². The van der Waals surface area contributed by atoms with E-state index in [2.05, 4.69) is 5.32 Å². The van der Waals surface area contributed by atoms with Gasteiger partial charge in [0.25, 0.3) is 0 Å². The van der Waals surface area contributed by atoms with E-state index in [4.69, 9.17) is 12.6 Å². The molecule has 1 rings (SSSR count). The summed E-state index contributed by atoms with van der Waals surface area (Å²) in [6.07, 6.45) is 13.4. The van der Waals surface area contributed by atoms with Gasteiger partial charge in [-0.05, 0) is 31.9 Å². The molecule has 1 saturated carbocycles. The third-order valence-electron chi connectivity index (χ3n) is 3.70. The molecular weight excluding hydrogens is 262 g/mol. The molecule has 2 nitrogen and oxygen atoms in total.